The van der Waals surface area contributed by atoms with Crippen LogP contribution in [0.4, 0.5) is 31.9 Å². The number of halogens is 2. The fourth-order valence-corrected chi connectivity index (χ4v) is 2.32. The predicted molar refractivity (Wildman–Crippen MR) is 100 cm³/mol. The molecule has 0 radical (unpaired) electrons. The summed E-state index contributed by atoms with van der Waals surface area (Å²) in [6.45, 7) is 1.87. The molecule has 3 aromatic rings. The Hall–Kier alpha value is -3.69. The molecule has 0 atom stereocenters. The Bertz CT molecular complexity index is 980. The highest BCUT2D eigenvalue weighted by Gasteiger charge is 2.16. The van der Waals surface area contributed by atoms with Gasteiger partial charge in [0.05, 0.1) is 5.69 Å². The number of nitrogens with one attached hydrogen (secondary N) is 3. The number of aryl methyl sites for hydroxylation is 1. The number of pyridine rings is 2. The Morgan fingerprint density at radius 2 is 1.89 bits per heavy atom. The highest BCUT2D eigenvalue weighted by atomic mass is 19.3. The van der Waals surface area contributed by atoms with Crippen LogP contribution >= 0.6 is 0 Å². The summed E-state index contributed by atoms with van der Waals surface area (Å²) in [5, 5.41) is 16.4. The minimum absolute atomic E-state index is 0.0825. The summed E-state index contributed by atoms with van der Waals surface area (Å²) in [6.07, 6.45) is 0.109. The molecule has 3 rings (SSSR count). The van der Waals surface area contributed by atoms with Crippen molar-refractivity contribution in [1.29, 1.82) is 0 Å². The van der Waals surface area contributed by atoms with Crippen LogP contribution in [0, 0.1) is 6.92 Å². The summed E-state index contributed by atoms with van der Waals surface area (Å²) in [6, 6.07) is 7.91. The first-order chi connectivity index (χ1) is 13.5. The molecule has 1 amide bonds. The van der Waals surface area contributed by atoms with Crippen molar-refractivity contribution in [1.82, 2.24) is 25.5 Å². The number of nitrogens with zero attached hydrogens (tertiary/aromatic N) is 4. The first-order valence-corrected chi connectivity index (χ1v) is 8.27. The summed E-state index contributed by atoms with van der Waals surface area (Å²) in [7, 11) is 1.49. The van der Waals surface area contributed by atoms with Crippen molar-refractivity contribution >= 4 is 29.0 Å². The van der Waals surface area contributed by atoms with E-state index in [1.54, 1.807) is 18.3 Å². The van der Waals surface area contributed by atoms with Gasteiger partial charge in [0.25, 0.3) is 12.3 Å². The Morgan fingerprint density at radius 3 is 2.54 bits per heavy atom. The van der Waals surface area contributed by atoms with E-state index in [1.807, 2.05) is 13.0 Å². The SMILES string of the molecule is CNC(=O)c1nnc(Nc2ccc(C(F)F)cn2)cc1Nc1ncccc1C. The molecule has 0 aromatic carbocycles. The largest absolute Gasteiger partial charge is 0.354 e. The minimum atomic E-state index is -2.59. The lowest BCUT2D eigenvalue weighted by atomic mass is 10.2. The van der Waals surface area contributed by atoms with Crippen LogP contribution < -0.4 is 16.0 Å². The van der Waals surface area contributed by atoms with Gasteiger partial charge in [-0.3, -0.25) is 4.79 Å². The standard InChI is InChI=1S/C18H17F2N7O/c1-10-4-3-7-22-17(10)24-12-8-14(26-27-15(12)18(28)21-2)25-13-6-5-11(9-23-13)16(19)20/h3-9,16H,1-2H3,(H,21,28)(H2,22,23,24,25,26). The van der Waals surface area contributed by atoms with Gasteiger partial charge < -0.3 is 16.0 Å². The Morgan fingerprint density at radius 1 is 1.07 bits per heavy atom. The molecule has 0 unspecified atom stereocenters. The van der Waals surface area contributed by atoms with E-state index in [0.29, 0.717) is 17.3 Å². The molecule has 28 heavy (non-hydrogen) atoms. The van der Waals surface area contributed by atoms with Gasteiger partial charge in [-0.15, -0.1) is 10.2 Å². The van der Waals surface area contributed by atoms with Crippen LogP contribution in [0.2, 0.25) is 0 Å². The summed E-state index contributed by atoms with van der Waals surface area (Å²) in [5.74, 6) is 0.730. The fraction of sp³-hybridized carbons (Fsp3) is 0.167. The van der Waals surface area contributed by atoms with Gasteiger partial charge in [-0.25, -0.2) is 18.7 Å². The Labute approximate surface area is 159 Å². The van der Waals surface area contributed by atoms with Crippen molar-refractivity contribution in [3.63, 3.8) is 0 Å². The van der Waals surface area contributed by atoms with Crippen molar-refractivity contribution < 1.29 is 13.6 Å². The maximum atomic E-state index is 12.6. The van der Waals surface area contributed by atoms with Gasteiger partial charge in [0.15, 0.2) is 11.5 Å². The summed E-state index contributed by atoms with van der Waals surface area (Å²) < 4.78 is 25.3. The third-order valence-electron chi connectivity index (χ3n) is 3.79. The first-order valence-electron chi connectivity index (χ1n) is 8.27. The number of amides is 1. The maximum Gasteiger partial charge on any atom is 0.273 e. The van der Waals surface area contributed by atoms with Crippen LogP contribution in [0.5, 0.6) is 0 Å². The van der Waals surface area contributed by atoms with Crippen molar-refractivity contribution in [3.8, 4) is 0 Å². The Kier molecular flexibility index (Phi) is 5.68. The molecule has 0 aliphatic carbocycles. The molecule has 0 saturated heterocycles. The number of rotatable bonds is 6. The number of anilines is 4. The van der Waals surface area contributed by atoms with E-state index in [0.717, 1.165) is 11.8 Å². The maximum absolute atomic E-state index is 12.6. The van der Waals surface area contributed by atoms with Gasteiger partial charge in [0, 0.05) is 31.1 Å². The van der Waals surface area contributed by atoms with Gasteiger partial charge in [-0.2, -0.15) is 0 Å². The molecule has 3 aromatic heterocycles. The van der Waals surface area contributed by atoms with Crippen LogP contribution in [0.25, 0.3) is 0 Å². The predicted octanol–water partition coefficient (Wildman–Crippen LogP) is 3.36. The summed E-state index contributed by atoms with van der Waals surface area (Å²) in [5.41, 5.74) is 1.16. The zero-order chi connectivity index (χ0) is 20.1. The smallest absolute Gasteiger partial charge is 0.273 e. The monoisotopic (exact) mass is 385 g/mol. The second-order valence-electron chi connectivity index (χ2n) is 5.77. The lowest BCUT2D eigenvalue weighted by molar-refractivity contribution is 0.0958. The third-order valence-corrected chi connectivity index (χ3v) is 3.79. The molecule has 3 heterocycles. The normalized spacial score (nSPS) is 10.6. The molecule has 0 bridgehead atoms. The van der Waals surface area contributed by atoms with Gasteiger partial charge in [0.2, 0.25) is 0 Å². The third kappa shape index (κ3) is 4.34. The van der Waals surface area contributed by atoms with Crippen molar-refractivity contribution in [2.75, 3.05) is 17.7 Å². The van der Waals surface area contributed by atoms with E-state index in [1.165, 1.54) is 19.2 Å². The number of hydrogen-bond donors (Lipinski definition) is 3. The lowest BCUT2D eigenvalue weighted by Gasteiger charge is -2.13. The van der Waals surface area contributed by atoms with Crippen LogP contribution in [0.1, 0.15) is 28.0 Å². The molecule has 3 N–H and O–H groups in total. The molecule has 144 valence electrons. The molecular formula is C18H17F2N7O. The first kappa shape index (κ1) is 19.1. The van der Waals surface area contributed by atoms with Crippen molar-refractivity contribution in [2.45, 2.75) is 13.3 Å². The van der Waals surface area contributed by atoms with Crippen LogP contribution in [0.3, 0.4) is 0 Å². The molecule has 8 nitrogen and oxygen atoms in total. The quantitative estimate of drug-likeness (QED) is 0.598. The van der Waals surface area contributed by atoms with Crippen LogP contribution in [0.15, 0.2) is 42.7 Å². The number of aromatic nitrogens is 4. The highest BCUT2D eigenvalue weighted by Crippen LogP contribution is 2.24. The van der Waals surface area contributed by atoms with Gasteiger partial charge >= 0.3 is 0 Å². The lowest BCUT2D eigenvalue weighted by Crippen LogP contribution is -2.21. The van der Waals surface area contributed by atoms with Gasteiger partial charge in [-0.05, 0) is 30.7 Å². The summed E-state index contributed by atoms with van der Waals surface area (Å²) >= 11 is 0. The molecule has 10 heteroatoms. The molecule has 0 aliphatic rings. The molecule has 0 fully saturated rings. The van der Waals surface area contributed by atoms with Crippen LogP contribution in [-0.2, 0) is 0 Å². The number of hydrogen-bond acceptors (Lipinski definition) is 7. The number of carbonyl (C=O) groups excluding carboxylic acids is 1. The van der Waals surface area contributed by atoms with E-state index >= 15 is 0 Å². The topological polar surface area (TPSA) is 105 Å². The zero-order valence-corrected chi connectivity index (χ0v) is 15.1. The van der Waals surface area contributed by atoms with E-state index in [2.05, 4.69) is 36.1 Å². The second kappa shape index (κ2) is 8.33. The number of carbonyl (C=O) groups is 1. The average Bonchev–Trinajstić information content (AvgIpc) is 2.70. The van der Waals surface area contributed by atoms with Crippen molar-refractivity contribution in [3.05, 3.63) is 59.5 Å². The van der Waals surface area contributed by atoms with Crippen molar-refractivity contribution in [2.24, 2.45) is 0 Å². The van der Waals surface area contributed by atoms with Crippen LogP contribution in [-0.4, -0.2) is 33.1 Å². The van der Waals surface area contributed by atoms with Gasteiger partial charge in [0.1, 0.15) is 11.6 Å². The average molecular weight is 385 g/mol. The highest BCUT2D eigenvalue weighted by molar-refractivity contribution is 5.98. The Balaban J connectivity index is 1.90. The minimum Gasteiger partial charge on any atom is -0.354 e. The van der Waals surface area contributed by atoms with Gasteiger partial charge in [-0.1, -0.05) is 6.07 Å². The van der Waals surface area contributed by atoms with E-state index < -0.39 is 12.3 Å². The number of alkyl halides is 2. The molecule has 0 aliphatic heterocycles. The molecular weight excluding hydrogens is 368 g/mol. The van der Waals surface area contributed by atoms with E-state index in [9.17, 15) is 13.6 Å². The fourth-order valence-electron chi connectivity index (χ4n) is 2.32. The molecule has 0 spiro atoms. The van der Waals surface area contributed by atoms with E-state index in [-0.39, 0.29) is 17.1 Å². The molecule has 0 saturated carbocycles. The van der Waals surface area contributed by atoms with E-state index in [4.69, 9.17) is 0 Å². The zero-order valence-electron chi connectivity index (χ0n) is 15.1. The summed E-state index contributed by atoms with van der Waals surface area (Å²) in [4.78, 5) is 20.3. The second-order valence-corrected chi connectivity index (χ2v) is 5.77.